The minimum atomic E-state index is -4.42. The van der Waals surface area contributed by atoms with Crippen molar-refractivity contribution in [3.05, 3.63) is 77.9 Å². The highest BCUT2D eigenvalue weighted by Crippen LogP contribution is 2.29. The fourth-order valence-electron chi connectivity index (χ4n) is 2.43. The maximum atomic E-state index is 12.6. The molecule has 0 saturated heterocycles. The molecule has 0 bridgehead atoms. The van der Waals surface area contributed by atoms with Crippen molar-refractivity contribution >= 4 is 5.91 Å². The van der Waals surface area contributed by atoms with Gasteiger partial charge < -0.3 is 5.32 Å². The number of hydrogen-bond donors (Lipinski definition) is 1. The van der Waals surface area contributed by atoms with E-state index < -0.39 is 17.6 Å². The third-order valence-corrected chi connectivity index (χ3v) is 3.90. The average Bonchev–Trinajstić information content (AvgIpc) is 3.16. The predicted octanol–water partition coefficient (Wildman–Crippen LogP) is 3.78. The van der Waals surface area contributed by atoms with E-state index in [0.29, 0.717) is 0 Å². The molecule has 1 heterocycles. The fraction of sp³-hybridized carbons (Fsp3) is 0.167. The first kappa shape index (κ1) is 17.7. The molecule has 0 aliphatic carbocycles. The van der Waals surface area contributed by atoms with Crippen LogP contribution in [0.15, 0.2) is 61.2 Å². The molecule has 0 aliphatic heterocycles. The smallest absolute Gasteiger partial charge is 0.346 e. The summed E-state index contributed by atoms with van der Waals surface area (Å²) in [7, 11) is 0. The van der Waals surface area contributed by atoms with Crippen molar-refractivity contribution in [2.24, 2.45) is 0 Å². The Bertz CT molecular complexity index is 872. The molecule has 0 radical (unpaired) electrons. The Morgan fingerprint density at radius 3 is 2.27 bits per heavy atom. The highest BCUT2D eigenvalue weighted by Gasteiger charge is 2.30. The minimum absolute atomic E-state index is 0.170. The number of rotatable bonds is 4. The van der Waals surface area contributed by atoms with E-state index in [1.807, 2.05) is 24.3 Å². The SMILES string of the molecule is CC(NC(=O)c1ccc(C(F)(F)F)cc1)c1ccc(-n2cncn2)cc1. The van der Waals surface area contributed by atoms with Crippen molar-refractivity contribution in [1.29, 1.82) is 0 Å². The summed E-state index contributed by atoms with van der Waals surface area (Å²) in [6.45, 7) is 1.80. The number of halogens is 3. The molecule has 0 saturated carbocycles. The van der Waals surface area contributed by atoms with E-state index in [4.69, 9.17) is 0 Å². The molecule has 3 rings (SSSR count). The van der Waals surface area contributed by atoms with E-state index in [0.717, 1.165) is 23.4 Å². The van der Waals surface area contributed by atoms with Crippen molar-refractivity contribution in [3.63, 3.8) is 0 Å². The molecule has 1 unspecified atom stereocenters. The molecule has 1 amide bonds. The van der Waals surface area contributed by atoms with Gasteiger partial charge in [0.2, 0.25) is 0 Å². The van der Waals surface area contributed by atoms with Crippen LogP contribution in [0.25, 0.3) is 5.69 Å². The van der Waals surface area contributed by atoms with Crippen molar-refractivity contribution in [2.75, 3.05) is 0 Å². The van der Waals surface area contributed by atoms with Gasteiger partial charge in [0.15, 0.2) is 0 Å². The molecule has 1 N–H and O–H groups in total. The number of carbonyl (C=O) groups excluding carboxylic acids is 1. The Labute approximate surface area is 147 Å². The summed E-state index contributed by atoms with van der Waals surface area (Å²) in [4.78, 5) is 16.1. The van der Waals surface area contributed by atoms with Crippen molar-refractivity contribution < 1.29 is 18.0 Å². The Hall–Kier alpha value is -3.16. The molecule has 1 aromatic heterocycles. The first-order chi connectivity index (χ1) is 12.3. The summed E-state index contributed by atoms with van der Waals surface area (Å²) in [5, 5.41) is 6.80. The molecule has 5 nitrogen and oxygen atoms in total. The Morgan fingerprint density at radius 1 is 1.08 bits per heavy atom. The van der Waals surface area contributed by atoms with Gasteiger partial charge in [-0.1, -0.05) is 12.1 Å². The number of nitrogens with zero attached hydrogens (tertiary/aromatic N) is 3. The van der Waals surface area contributed by atoms with E-state index in [1.165, 1.54) is 18.5 Å². The molecule has 2 aromatic carbocycles. The van der Waals surface area contributed by atoms with Gasteiger partial charge in [-0.05, 0) is 48.9 Å². The summed E-state index contributed by atoms with van der Waals surface area (Å²) >= 11 is 0. The topological polar surface area (TPSA) is 59.8 Å². The lowest BCUT2D eigenvalue weighted by molar-refractivity contribution is -0.137. The average molecular weight is 360 g/mol. The molecule has 1 atom stereocenters. The summed E-state index contributed by atoms with van der Waals surface area (Å²) in [6.07, 6.45) is -1.42. The number of amides is 1. The monoisotopic (exact) mass is 360 g/mol. The first-order valence-electron chi connectivity index (χ1n) is 7.77. The van der Waals surface area contributed by atoms with Crippen LogP contribution in [0.5, 0.6) is 0 Å². The maximum Gasteiger partial charge on any atom is 0.416 e. The van der Waals surface area contributed by atoms with E-state index in [9.17, 15) is 18.0 Å². The zero-order valence-electron chi connectivity index (χ0n) is 13.7. The van der Waals surface area contributed by atoms with Gasteiger partial charge in [-0.15, -0.1) is 0 Å². The zero-order chi connectivity index (χ0) is 18.7. The summed E-state index contributed by atoms with van der Waals surface area (Å²) in [6, 6.07) is 11.2. The van der Waals surface area contributed by atoms with Gasteiger partial charge in [0.05, 0.1) is 17.3 Å². The van der Waals surface area contributed by atoms with Crippen LogP contribution in [-0.4, -0.2) is 20.7 Å². The summed E-state index contributed by atoms with van der Waals surface area (Å²) in [5.74, 6) is -0.438. The summed E-state index contributed by atoms with van der Waals surface area (Å²) < 4.78 is 39.3. The van der Waals surface area contributed by atoms with Gasteiger partial charge in [0.1, 0.15) is 12.7 Å². The lowest BCUT2D eigenvalue weighted by Crippen LogP contribution is -2.26. The van der Waals surface area contributed by atoms with E-state index >= 15 is 0 Å². The van der Waals surface area contributed by atoms with Gasteiger partial charge in [0.25, 0.3) is 5.91 Å². The van der Waals surface area contributed by atoms with Gasteiger partial charge in [-0.2, -0.15) is 18.3 Å². The molecular formula is C18H15F3N4O. The number of benzene rings is 2. The van der Waals surface area contributed by atoms with Crippen LogP contribution in [-0.2, 0) is 6.18 Å². The highest BCUT2D eigenvalue weighted by atomic mass is 19.4. The lowest BCUT2D eigenvalue weighted by Gasteiger charge is -2.15. The second kappa shape index (κ2) is 6.99. The van der Waals surface area contributed by atoms with Crippen LogP contribution >= 0.6 is 0 Å². The van der Waals surface area contributed by atoms with Crippen molar-refractivity contribution in [2.45, 2.75) is 19.1 Å². The largest absolute Gasteiger partial charge is 0.416 e. The lowest BCUT2D eigenvalue weighted by atomic mass is 10.1. The number of nitrogens with one attached hydrogen (secondary N) is 1. The minimum Gasteiger partial charge on any atom is -0.346 e. The molecule has 26 heavy (non-hydrogen) atoms. The zero-order valence-corrected chi connectivity index (χ0v) is 13.7. The van der Waals surface area contributed by atoms with Crippen LogP contribution < -0.4 is 5.32 Å². The Morgan fingerprint density at radius 2 is 1.73 bits per heavy atom. The van der Waals surface area contributed by atoms with E-state index in [1.54, 1.807) is 17.9 Å². The van der Waals surface area contributed by atoms with Crippen LogP contribution in [0.2, 0.25) is 0 Å². The fourth-order valence-corrected chi connectivity index (χ4v) is 2.43. The van der Waals surface area contributed by atoms with Crippen molar-refractivity contribution in [1.82, 2.24) is 20.1 Å². The van der Waals surface area contributed by atoms with Crippen molar-refractivity contribution in [3.8, 4) is 5.69 Å². The second-order valence-corrected chi connectivity index (χ2v) is 5.70. The number of carbonyl (C=O) groups is 1. The summed E-state index contributed by atoms with van der Waals surface area (Å²) in [5.41, 5.74) is 1.07. The normalized spacial score (nSPS) is 12.6. The van der Waals surface area contributed by atoms with E-state index in [2.05, 4.69) is 15.4 Å². The maximum absolute atomic E-state index is 12.6. The Kier molecular flexibility index (Phi) is 4.75. The third kappa shape index (κ3) is 3.90. The standard InChI is InChI=1S/C18H15F3N4O/c1-12(13-4-8-16(9-5-13)25-11-22-10-23-25)24-17(26)14-2-6-15(7-3-14)18(19,20)21/h2-12H,1H3,(H,24,26). The molecule has 0 aliphatic rings. The second-order valence-electron chi connectivity index (χ2n) is 5.70. The molecule has 0 spiro atoms. The third-order valence-electron chi connectivity index (χ3n) is 3.90. The number of hydrogen-bond acceptors (Lipinski definition) is 3. The van der Waals surface area contributed by atoms with Gasteiger partial charge in [-0.3, -0.25) is 4.79 Å². The van der Waals surface area contributed by atoms with Crippen LogP contribution in [0.1, 0.15) is 34.5 Å². The highest BCUT2D eigenvalue weighted by molar-refractivity contribution is 5.94. The van der Waals surface area contributed by atoms with Gasteiger partial charge in [0, 0.05) is 5.56 Å². The molecular weight excluding hydrogens is 345 g/mol. The van der Waals surface area contributed by atoms with Gasteiger partial charge >= 0.3 is 6.18 Å². The first-order valence-corrected chi connectivity index (χ1v) is 7.77. The quantitative estimate of drug-likeness (QED) is 0.770. The van der Waals surface area contributed by atoms with E-state index in [-0.39, 0.29) is 11.6 Å². The van der Waals surface area contributed by atoms with Crippen LogP contribution in [0.4, 0.5) is 13.2 Å². The molecule has 0 fully saturated rings. The Balaban J connectivity index is 1.67. The van der Waals surface area contributed by atoms with Gasteiger partial charge in [-0.25, -0.2) is 9.67 Å². The molecule has 134 valence electrons. The molecule has 3 aromatic rings. The number of aromatic nitrogens is 3. The van der Waals surface area contributed by atoms with Crippen LogP contribution in [0.3, 0.4) is 0 Å². The number of alkyl halides is 3. The molecule has 8 heteroatoms. The van der Waals surface area contributed by atoms with Crippen LogP contribution in [0, 0.1) is 0 Å². The predicted molar refractivity (Wildman–Crippen MR) is 88.7 cm³/mol.